The van der Waals surface area contributed by atoms with Gasteiger partial charge in [-0.05, 0) is 48.7 Å². The van der Waals surface area contributed by atoms with Crippen molar-refractivity contribution in [3.63, 3.8) is 0 Å². The monoisotopic (exact) mass is 551 g/mol. The Hall–Kier alpha value is -4.42. The van der Waals surface area contributed by atoms with Crippen LogP contribution in [-0.2, 0) is 11.2 Å². The van der Waals surface area contributed by atoms with Crippen LogP contribution in [0.4, 0.5) is 0 Å². The third kappa shape index (κ3) is 5.49. The molecule has 2 atom stereocenters. The summed E-state index contributed by atoms with van der Waals surface area (Å²) in [5, 5.41) is -0.419. The molecule has 40 heavy (non-hydrogen) atoms. The third-order valence-electron chi connectivity index (χ3n) is 7.05. The number of carbonyl (C=O) groups excluding carboxylic acids is 1. The molecule has 0 aliphatic rings. The number of benzene rings is 4. The van der Waals surface area contributed by atoms with Gasteiger partial charge in [-0.1, -0.05) is 84.9 Å². The molecule has 0 aliphatic heterocycles. The fourth-order valence-corrected chi connectivity index (χ4v) is 5.19. The van der Waals surface area contributed by atoms with E-state index < -0.39 is 11.4 Å². The molecular formula is C33H30ClN3O3. The van der Waals surface area contributed by atoms with Gasteiger partial charge < -0.3 is 9.64 Å². The van der Waals surface area contributed by atoms with Crippen molar-refractivity contribution in [2.75, 3.05) is 13.7 Å². The second-order valence-electron chi connectivity index (χ2n) is 9.52. The quantitative estimate of drug-likeness (QED) is 0.196. The Balaban J connectivity index is 1.65. The number of amides is 1. The summed E-state index contributed by atoms with van der Waals surface area (Å²) >= 11 is 6.80. The predicted molar refractivity (Wildman–Crippen MR) is 159 cm³/mol. The smallest absolute Gasteiger partial charge is 0.266 e. The molecule has 0 bridgehead atoms. The fourth-order valence-electron chi connectivity index (χ4n) is 4.92. The molecule has 7 heteroatoms. The van der Waals surface area contributed by atoms with Gasteiger partial charge in [0.2, 0.25) is 5.91 Å². The molecule has 0 aliphatic carbocycles. The zero-order chi connectivity index (χ0) is 28.1. The van der Waals surface area contributed by atoms with Gasteiger partial charge in [0.1, 0.15) is 17.0 Å². The minimum Gasteiger partial charge on any atom is -0.495 e. The first-order chi connectivity index (χ1) is 19.5. The Morgan fingerprint density at radius 1 is 0.900 bits per heavy atom. The van der Waals surface area contributed by atoms with Crippen LogP contribution >= 0.6 is 11.6 Å². The molecule has 1 amide bonds. The Labute approximate surface area is 238 Å². The number of hydrogen-bond acceptors (Lipinski definition) is 4. The molecule has 5 aromatic rings. The number of hydrogen-bond donors (Lipinski definition) is 0. The molecule has 1 heterocycles. The standard InChI is InChI=1S/C33H30ClN3O3/c1-23(36(22-21-24-13-5-3-6-14-24)33(39)30(34)25-15-7-4-8-16-25)31-35-27-18-10-9-17-26(27)32(38)37(31)28-19-11-12-20-29(28)40-2/h3-20,23,30H,21-22H2,1-2H3. The Morgan fingerprint density at radius 3 is 2.25 bits per heavy atom. The van der Waals surface area contributed by atoms with E-state index in [0.29, 0.717) is 46.7 Å². The van der Waals surface area contributed by atoms with E-state index in [9.17, 15) is 9.59 Å². The van der Waals surface area contributed by atoms with Gasteiger partial charge in [0.15, 0.2) is 0 Å². The lowest BCUT2D eigenvalue weighted by molar-refractivity contribution is -0.133. The van der Waals surface area contributed by atoms with Gasteiger partial charge in [0.05, 0.1) is 29.7 Å². The SMILES string of the molecule is COc1ccccc1-n1c(C(C)N(CCc2ccccc2)C(=O)C(Cl)c2ccccc2)nc2ccccc2c1=O. The molecule has 2 unspecified atom stereocenters. The number of nitrogens with zero attached hydrogens (tertiary/aromatic N) is 3. The minimum absolute atomic E-state index is 0.238. The van der Waals surface area contributed by atoms with E-state index in [-0.39, 0.29) is 11.5 Å². The maximum absolute atomic E-state index is 14.1. The van der Waals surface area contributed by atoms with Gasteiger partial charge in [0, 0.05) is 6.54 Å². The average Bonchev–Trinajstić information content (AvgIpc) is 3.01. The number of ether oxygens (including phenoxy) is 1. The summed E-state index contributed by atoms with van der Waals surface area (Å²) in [5.41, 5.74) is 2.67. The van der Waals surface area contributed by atoms with Crippen molar-refractivity contribution in [2.24, 2.45) is 0 Å². The summed E-state index contributed by atoms with van der Waals surface area (Å²) in [6, 6.07) is 33.2. The van der Waals surface area contributed by atoms with Crippen molar-refractivity contribution in [3.8, 4) is 11.4 Å². The van der Waals surface area contributed by atoms with Crippen LogP contribution in [0.3, 0.4) is 0 Å². The van der Waals surface area contributed by atoms with Gasteiger partial charge >= 0.3 is 0 Å². The number of rotatable bonds is 9. The van der Waals surface area contributed by atoms with Crippen LogP contribution in [0.15, 0.2) is 114 Å². The van der Waals surface area contributed by atoms with Gasteiger partial charge in [-0.2, -0.15) is 0 Å². The number of aromatic nitrogens is 2. The number of fused-ring (bicyclic) bond motifs is 1. The van der Waals surface area contributed by atoms with Crippen LogP contribution in [0, 0.1) is 0 Å². The molecule has 0 radical (unpaired) electrons. The van der Waals surface area contributed by atoms with Gasteiger partial charge in [0.25, 0.3) is 5.56 Å². The number of methoxy groups -OCH3 is 1. The van der Waals surface area contributed by atoms with Crippen LogP contribution in [0.25, 0.3) is 16.6 Å². The number of carbonyl (C=O) groups is 1. The zero-order valence-corrected chi connectivity index (χ0v) is 23.2. The van der Waals surface area contributed by atoms with Gasteiger partial charge in [-0.15, -0.1) is 11.6 Å². The van der Waals surface area contributed by atoms with E-state index in [1.165, 1.54) is 0 Å². The second-order valence-corrected chi connectivity index (χ2v) is 9.95. The van der Waals surface area contributed by atoms with Crippen molar-refractivity contribution >= 4 is 28.4 Å². The van der Waals surface area contributed by atoms with Crippen molar-refractivity contribution in [1.82, 2.24) is 14.5 Å². The fraction of sp³-hybridized carbons (Fsp3) is 0.182. The summed E-state index contributed by atoms with van der Waals surface area (Å²) in [6.07, 6.45) is 0.613. The molecule has 0 N–H and O–H groups in total. The molecule has 6 nitrogen and oxygen atoms in total. The normalized spacial score (nSPS) is 12.6. The Morgan fingerprint density at radius 2 is 1.52 bits per heavy atom. The van der Waals surface area contributed by atoms with Crippen LogP contribution in [0.1, 0.15) is 35.3 Å². The highest BCUT2D eigenvalue weighted by Gasteiger charge is 2.31. The first kappa shape index (κ1) is 27.2. The molecule has 5 rings (SSSR count). The lowest BCUT2D eigenvalue weighted by Crippen LogP contribution is -2.40. The molecule has 0 fully saturated rings. The summed E-state index contributed by atoms with van der Waals surface area (Å²) in [4.78, 5) is 34.7. The summed E-state index contributed by atoms with van der Waals surface area (Å²) in [7, 11) is 1.56. The highest BCUT2D eigenvalue weighted by Crippen LogP contribution is 2.31. The maximum atomic E-state index is 14.1. The van der Waals surface area contributed by atoms with E-state index in [1.807, 2.05) is 104 Å². The van der Waals surface area contributed by atoms with Gasteiger partial charge in [-0.25, -0.2) is 4.98 Å². The maximum Gasteiger partial charge on any atom is 0.266 e. The topological polar surface area (TPSA) is 64.4 Å². The minimum atomic E-state index is -0.897. The Bertz CT molecular complexity index is 1670. The van der Waals surface area contributed by atoms with E-state index in [4.69, 9.17) is 21.3 Å². The van der Waals surface area contributed by atoms with E-state index >= 15 is 0 Å². The van der Waals surface area contributed by atoms with Crippen molar-refractivity contribution in [3.05, 3.63) is 136 Å². The van der Waals surface area contributed by atoms with Crippen LogP contribution in [0.2, 0.25) is 0 Å². The number of alkyl halides is 1. The zero-order valence-electron chi connectivity index (χ0n) is 22.4. The van der Waals surface area contributed by atoms with E-state index in [0.717, 1.165) is 5.56 Å². The first-order valence-corrected chi connectivity index (χ1v) is 13.6. The number of para-hydroxylation sites is 3. The highest BCUT2D eigenvalue weighted by molar-refractivity contribution is 6.30. The third-order valence-corrected chi connectivity index (χ3v) is 7.48. The van der Waals surface area contributed by atoms with Crippen molar-refractivity contribution in [2.45, 2.75) is 24.8 Å². The van der Waals surface area contributed by atoms with E-state index in [2.05, 4.69) is 0 Å². The van der Waals surface area contributed by atoms with E-state index in [1.54, 1.807) is 28.7 Å². The molecule has 202 valence electrons. The first-order valence-electron chi connectivity index (χ1n) is 13.2. The molecule has 0 saturated heterocycles. The molecule has 1 aromatic heterocycles. The molecule has 0 spiro atoms. The average molecular weight is 552 g/mol. The van der Waals surface area contributed by atoms with Crippen molar-refractivity contribution in [1.29, 1.82) is 0 Å². The number of halogens is 1. The summed E-state index contributed by atoms with van der Waals surface area (Å²) in [6.45, 7) is 2.27. The Kier molecular flexibility index (Phi) is 8.27. The lowest BCUT2D eigenvalue weighted by atomic mass is 10.1. The van der Waals surface area contributed by atoms with Crippen molar-refractivity contribution < 1.29 is 9.53 Å². The van der Waals surface area contributed by atoms with Crippen LogP contribution < -0.4 is 10.3 Å². The lowest BCUT2D eigenvalue weighted by Gasteiger charge is -2.32. The van der Waals surface area contributed by atoms with Gasteiger partial charge in [-0.3, -0.25) is 14.2 Å². The van der Waals surface area contributed by atoms with Crippen LogP contribution in [0.5, 0.6) is 5.75 Å². The molecule has 0 saturated carbocycles. The van der Waals surface area contributed by atoms with Crippen LogP contribution in [-0.4, -0.2) is 34.0 Å². The molecule has 4 aromatic carbocycles. The molecular weight excluding hydrogens is 522 g/mol. The predicted octanol–water partition coefficient (Wildman–Crippen LogP) is 6.51. The largest absolute Gasteiger partial charge is 0.495 e. The summed E-state index contributed by atoms with van der Waals surface area (Å²) < 4.78 is 7.18. The highest BCUT2D eigenvalue weighted by atomic mass is 35.5. The summed E-state index contributed by atoms with van der Waals surface area (Å²) in [5.74, 6) is 0.689. The second kappa shape index (κ2) is 12.2.